The molecule has 134 valence electrons. The van der Waals surface area contributed by atoms with Gasteiger partial charge < -0.3 is 20.9 Å². The summed E-state index contributed by atoms with van der Waals surface area (Å²) in [4.78, 5) is 27.3. The van der Waals surface area contributed by atoms with E-state index in [1.807, 2.05) is 37.6 Å². The Labute approximate surface area is 143 Å². The maximum absolute atomic E-state index is 12.3. The van der Waals surface area contributed by atoms with Gasteiger partial charge in [0.05, 0.1) is 12.2 Å². The summed E-state index contributed by atoms with van der Waals surface area (Å²) >= 11 is 0. The fourth-order valence-electron chi connectivity index (χ4n) is 3.28. The monoisotopic (exact) mass is 336 g/mol. The van der Waals surface area contributed by atoms with E-state index in [9.17, 15) is 9.59 Å². The van der Waals surface area contributed by atoms with Gasteiger partial charge in [-0.3, -0.25) is 14.3 Å². The first-order valence-electron chi connectivity index (χ1n) is 8.28. The van der Waals surface area contributed by atoms with Crippen molar-refractivity contribution in [3.8, 4) is 0 Å². The van der Waals surface area contributed by atoms with Crippen molar-refractivity contribution in [1.82, 2.24) is 20.0 Å². The van der Waals surface area contributed by atoms with Gasteiger partial charge in [-0.15, -0.1) is 0 Å². The Morgan fingerprint density at radius 1 is 1.33 bits per heavy atom. The molecule has 0 saturated carbocycles. The van der Waals surface area contributed by atoms with Gasteiger partial charge >= 0.3 is 0 Å². The molecule has 0 unspecified atom stereocenters. The summed E-state index contributed by atoms with van der Waals surface area (Å²) in [6.45, 7) is 4.05. The standard InChI is InChI=1S/C16H28N6O2/c1-11-13(16(20(2)3)21(4)19-11)9-18-10-14(23)22-7-5-12(6-8-22)15(17)24/h12,18H,5-10H2,1-4H3,(H2,17,24). The molecule has 0 aliphatic carbocycles. The van der Waals surface area contributed by atoms with E-state index in [1.54, 1.807) is 4.90 Å². The first-order chi connectivity index (χ1) is 11.3. The summed E-state index contributed by atoms with van der Waals surface area (Å²) in [6.07, 6.45) is 1.32. The van der Waals surface area contributed by atoms with Crippen molar-refractivity contribution < 1.29 is 9.59 Å². The number of likely N-dealkylation sites (tertiary alicyclic amines) is 1. The van der Waals surface area contributed by atoms with Gasteiger partial charge in [-0.05, 0) is 19.8 Å². The van der Waals surface area contributed by atoms with Crippen molar-refractivity contribution in [3.63, 3.8) is 0 Å². The summed E-state index contributed by atoms with van der Waals surface area (Å²) in [5.41, 5.74) is 7.38. The number of hydrogen-bond acceptors (Lipinski definition) is 5. The Balaban J connectivity index is 1.85. The SMILES string of the molecule is Cc1nn(C)c(N(C)C)c1CNCC(=O)N1CCC(C(N)=O)CC1. The van der Waals surface area contributed by atoms with Gasteiger partial charge in [-0.1, -0.05) is 0 Å². The number of nitrogens with two attached hydrogens (primary N) is 1. The number of amides is 2. The molecule has 1 aliphatic heterocycles. The third-order valence-electron chi connectivity index (χ3n) is 4.56. The van der Waals surface area contributed by atoms with Gasteiger partial charge in [-0.2, -0.15) is 5.10 Å². The van der Waals surface area contributed by atoms with Crippen LogP contribution >= 0.6 is 0 Å². The number of aryl methyl sites for hydroxylation is 2. The van der Waals surface area contributed by atoms with E-state index in [4.69, 9.17) is 5.73 Å². The van der Waals surface area contributed by atoms with E-state index >= 15 is 0 Å². The Morgan fingerprint density at radius 3 is 2.50 bits per heavy atom. The molecule has 0 bridgehead atoms. The molecule has 0 atom stereocenters. The van der Waals surface area contributed by atoms with Gasteiger partial charge in [0.2, 0.25) is 11.8 Å². The van der Waals surface area contributed by atoms with Crippen LogP contribution in [0.3, 0.4) is 0 Å². The Bertz CT molecular complexity index is 602. The number of piperidine rings is 1. The fourth-order valence-corrected chi connectivity index (χ4v) is 3.28. The number of carbonyl (C=O) groups is 2. The van der Waals surface area contributed by atoms with Crippen LogP contribution in [-0.2, 0) is 23.2 Å². The molecule has 1 fully saturated rings. The number of aromatic nitrogens is 2. The highest BCUT2D eigenvalue weighted by Crippen LogP contribution is 2.21. The highest BCUT2D eigenvalue weighted by Gasteiger charge is 2.25. The summed E-state index contributed by atoms with van der Waals surface area (Å²) in [6, 6.07) is 0. The molecule has 2 amide bonds. The average Bonchev–Trinajstić information content (AvgIpc) is 2.81. The lowest BCUT2D eigenvalue weighted by Crippen LogP contribution is -2.44. The first-order valence-corrected chi connectivity index (χ1v) is 8.28. The highest BCUT2D eigenvalue weighted by molar-refractivity contribution is 5.80. The number of hydrogen-bond donors (Lipinski definition) is 2. The summed E-state index contributed by atoms with van der Waals surface area (Å²) < 4.78 is 1.85. The maximum atomic E-state index is 12.3. The lowest BCUT2D eigenvalue weighted by Gasteiger charge is -2.30. The van der Waals surface area contributed by atoms with Gasteiger partial charge in [0, 0.05) is 52.3 Å². The first kappa shape index (κ1) is 18.3. The average molecular weight is 336 g/mol. The van der Waals surface area contributed by atoms with E-state index in [0.717, 1.165) is 17.1 Å². The molecule has 24 heavy (non-hydrogen) atoms. The normalized spacial score (nSPS) is 15.6. The molecular formula is C16H28N6O2. The predicted molar refractivity (Wildman–Crippen MR) is 92.5 cm³/mol. The van der Waals surface area contributed by atoms with E-state index in [2.05, 4.69) is 10.4 Å². The largest absolute Gasteiger partial charge is 0.369 e. The number of anilines is 1. The Morgan fingerprint density at radius 2 is 1.96 bits per heavy atom. The molecule has 1 aromatic rings. The van der Waals surface area contributed by atoms with Crippen LogP contribution in [0.15, 0.2) is 0 Å². The summed E-state index contributed by atoms with van der Waals surface area (Å²) in [5.74, 6) is 0.742. The zero-order valence-corrected chi connectivity index (χ0v) is 15.0. The van der Waals surface area contributed by atoms with Crippen LogP contribution in [0.2, 0.25) is 0 Å². The number of carbonyl (C=O) groups excluding carboxylic acids is 2. The minimum absolute atomic E-state index is 0.0610. The van der Waals surface area contributed by atoms with Crippen LogP contribution in [0.1, 0.15) is 24.1 Å². The highest BCUT2D eigenvalue weighted by atomic mass is 16.2. The molecule has 1 saturated heterocycles. The van der Waals surface area contributed by atoms with Crippen molar-refractivity contribution in [3.05, 3.63) is 11.3 Å². The van der Waals surface area contributed by atoms with Crippen LogP contribution in [-0.4, -0.2) is 60.2 Å². The van der Waals surface area contributed by atoms with E-state index in [0.29, 0.717) is 32.5 Å². The smallest absolute Gasteiger partial charge is 0.236 e. The summed E-state index contributed by atoms with van der Waals surface area (Å²) in [5, 5.41) is 7.66. The number of rotatable bonds is 6. The third kappa shape index (κ3) is 4.05. The van der Waals surface area contributed by atoms with Gasteiger partial charge in [-0.25, -0.2) is 0 Å². The number of nitrogens with zero attached hydrogens (tertiary/aromatic N) is 4. The molecule has 8 heteroatoms. The Kier molecular flexibility index (Phi) is 5.82. The molecule has 0 spiro atoms. The molecule has 1 aliphatic rings. The lowest BCUT2D eigenvalue weighted by atomic mass is 9.96. The lowest BCUT2D eigenvalue weighted by molar-refractivity contribution is -0.134. The molecule has 0 aromatic carbocycles. The van der Waals surface area contributed by atoms with Crippen molar-refractivity contribution in [2.24, 2.45) is 18.7 Å². The number of nitrogens with one attached hydrogen (secondary N) is 1. The quantitative estimate of drug-likeness (QED) is 0.737. The van der Waals surface area contributed by atoms with Crippen molar-refractivity contribution >= 4 is 17.6 Å². The van der Waals surface area contributed by atoms with E-state index in [-0.39, 0.29) is 24.3 Å². The minimum atomic E-state index is -0.261. The molecule has 3 N–H and O–H groups in total. The van der Waals surface area contributed by atoms with E-state index < -0.39 is 0 Å². The van der Waals surface area contributed by atoms with Crippen LogP contribution < -0.4 is 16.0 Å². The second-order valence-corrected chi connectivity index (χ2v) is 6.57. The molecule has 2 rings (SSSR count). The second kappa shape index (κ2) is 7.65. The van der Waals surface area contributed by atoms with E-state index in [1.165, 1.54) is 0 Å². The van der Waals surface area contributed by atoms with Gasteiger partial charge in [0.15, 0.2) is 0 Å². The molecule has 1 aromatic heterocycles. The fraction of sp³-hybridized carbons (Fsp3) is 0.688. The topological polar surface area (TPSA) is 96.5 Å². The van der Waals surface area contributed by atoms with Gasteiger partial charge in [0.1, 0.15) is 5.82 Å². The molecular weight excluding hydrogens is 308 g/mol. The predicted octanol–water partition coefficient (Wildman–Crippen LogP) is -0.392. The van der Waals surface area contributed by atoms with Gasteiger partial charge in [0.25, 0.3) is 0 Å². The molecule has 0 radical (unpaired) electrons. The molecule has 8 nitrogen and oxygen atoms in total. The van der Waals surface area contributed by atoms with Crippen LogP contribution in [0, 0.1) is 12.8 Å². The summed E-state index contributed by atoms with van der Waals surface area (Å²) in [7, 11) is 5.88. The zero-order valence-electron chi connectivity index (χ0n) is 15.0. The molecule has 2 heterocycles. The second-order valence-electron chi connectivity index (χ2n) is 6.57. The van der Waals surface area contributed by atoms with Crippen molar-refractivity contribution in [2.75, 3.05) is 38.6 Å². The minimum Gasteiger partial charge on any atom is -0.369 e. The maximum Gasteiger partial charge on any atom is 0.236 e. The Hall–Kier alpha value is -2.09. The number of primary amides is 1. The van der Waals surface area contributed by atoms with Crippen molar-refractivity contribution in [2.45, 2.75) is 26.3 Å². The van der Waals surface area contributed by atoms with Crippen molar-refractivity contribution in [1.29, 1.82) is 0 Å². The third-order valence-corrected chi connectivity index (χ3v) is 4.56. The van der Waals surface area contributed by atoms with Crippen LogP contribution in [0.5, 0.6) is 0 Å². The van der Waals surface area contributed by atoms with Crippen LogP contribution in [0.25, 0.3) is 0 Å². The zero-order chi connectivity index (χ0) is 17.9. The van der Waals surface area contributed by atoms with Crippen LogP contribution in [0.4, 0.5) is 5.82 Å².